The minimum atomic E-state index is -0.139. The summed E-state index contributed by atoms with van der Waals surface area (Å²) in [5.74, 6) is 0. The van der Waals surface area contributed by atoms with E-state index in [0.29, 0.717) is 17.8 Å². The molecule has 0 fully saturated rings. The second-order valence-corrected chi connectivity index (χ2v) is 7.73. The fourth-order valence-electron chi connectivity index (χ4n) is 2.55. The standard InChI is InChI=1S/C19H33N3OS/c1-7-16(6)24-17-10-11-18(14(4)12-17)21-19(23)20-13-15(5)22(8-2)9-3/h10-12,15-16H,7-9,13H2,1-6H3,(H2,20,21,23). The van der Waals surface area contributed by atoms with E-state index in [1.165, 1.54) is 4.90 Å². The van der Waals surface area contributed by atoms with Crippen LogP contribution >= 0.6 is 11.8 Å². The normalized spacial score (nSPS) is 13.6. The molecule has 0 heterocycles. The highest BCUT2D eigenvalue weighted by Gasteiger charge is 2.12. The van der Waals surface area contributed by atoms with Crippen molar-refractivity contribution in [2.45, 2.75) is 64.2 Å². The Morgan fingerprint density at radius 3 is 2.42 bits per heavy atom. The second kappa shape index (κ2) is 10.6. The number of thioether (sulfide) groups is 1. The van der Waals surface area contributed by atoms with Gasteiger partial charge in [0.1, 0.15) is 0 Å². The van der Waals surface area contributed by atoms with Crippen molar-refractivity contribution in [1.82, 2.24) is 10.2 Å². The molecule has 2 atom stereocenters. The first kappa shape index (κ1) is 20.8. The lowest BCUT2D eigenvalue weighted by Gasteiger charge is -2.26. The molecule has 0 radical (unpaired) electrons. The Morgan fingerprint density at radius 2 is 1.88 bits per heavy atom. The Kier molecular flexibility index (Phi) is 9.22. The number of benzene rings is 1. The van der Waals surface area contributed by atoms with Crippen LogP contribution in [0.15, 0.2) is 23.1 Å². The Morgan fingerprint density at radius 1 is 1.21 bits per heavy atom. The average molecular weight is 352 g/mol. The van der Waals surface area contributed by atoms with Crippen molar-refractivity contribution in [2.24, 2.45) is 0 Å². The largest absolute Gasteiger partial charge is 0.336 e. The van der Waals surface area contributed by atoms with E-state index >= 15 is 0 Å². The van der Waals surface area contributed by atoms with Crippen molar-refractivity contribution in [3.8, 4) is 0 Å². The minimum Gasteiger partial charge on any atom is -0.336 e. The van der Waals surface area contributed by atoms with Gasteiger partial charge in [0.25, 0.3) is 0 Å². The fourth-order valence-corrected chi connectivity index (χ4v) is 3.57. The van der Waals surface area contributed by atoms with Gasteiger partial charge in [-0.1, -0.05) is 27.7 Å². The zero-order chi connectivity index (χ0) is 18.1. The van der Waals surface area contributed by atoms with Crippen molar-refractivity contribution in [2.75, 3.05) is 25.0 Å². The van der Waals surface area contributed by atoms with E-state index in [2.05, 4.69) is 62.3 Å². The maximum Gasteiger partial charge on any atom is 0.319 e. The maximum atomic E-state index is 12.1. The molecule has 0 saturated heterocycles. The number of carbonyl (C=O) groups excluding carboxylic acids is 1. The summed E-state index contributed by atoms with van der Waals surface area (Å²) in [4.78, 5) is 15.7. The number of likely N-dealkylation sites (N-methyl/N-ethyl adjacent to an activating group) is 1. The molecule has 4 nitrogen and oxygen atoms in total. The van der Waals surface area contributed by atoms with E-state index in [9.17, 15) is 4.79 Å². The van der Waals surface area contributed by atoms with Crippen LogP contribution in [0.1, 0.15) is 46.6 Å². The highest BCUT2D eigenvalue weighted by molar-refractivity contribution is 7.99. The monoisotopic (exact) mass is 351 g/mol. The highest BCUT2D eigenvalue weighted by Crippen LogP contribution is 2.28. The molecule has 0 aliphatic rings. The zero-order valence-electron chi connectivity index (χ0n) is 16.0. The number of hydrogen-bond acceptors (Lipinski definition) is 3. The SMILES string of the molecule is CCC(C)Sc1ccc(NC(=O)NCC(C)N(CC)CC)c(C)c1. The topological polar surface area (TPSA) is 44.4 Å². The quantitative estimate of drug-likeness (QED) is 0.632. The Balaban J connectivity index is 2.55. The van der Waals surface area contributed by atoms with Crippen LogP contribution in [-0.4, -0.2) is 41.9 Å². The van der Waals surface area contributed by atoms with Gasteiger partial charge in [-0.05, 0) is 57.1 Å². The third-order valence-electron chi connectivity index (χ3n) is 4.35. The molecule has 0 spiro atoms. The molecule has 136 valence electrons. The molecule has 2 N–H and O–H groups in total. The molecule has 0 aliphatic heterocycles. The molecule has 2 amide bonds. The molecule has 5 heteroatoms. The predicted molar refractivity (Wildman–Crippen MR) is 106 cm³/mol. The first-order chi connectivity index (χ1) is 11.4. The van der Waals surface area contributed by atoms with Crippen LogP contribution in [-0.2, 0) is 0 Å². The number of rotatable bonds is 9. The van der Waals surface area contributed by atoms with Crippen LogP contribution in [0.25, 0.3) is 0 Å². The molecule has 0 bridgehead atoms. The summed E-state index contributed by atoms with van der Waals surface area (Å²) in [7, 11) is 0. The van der Waals surface area contributed by atoms with Gasteiger partial charge in [0.15, 0.2) is 0 Å². The maximum absolute atomic E-state index is 12.1. The van der Waals surface area contributed by atoms with Crippen molar-refractivity contribution in [3.63, 3.8) is 0 Å². The molecule has 0 aromatic heterocycles. The van der Waals surface area contributed by atoms with Crippen molar-refractivity contribution in [1.29, 1.82) is 0 Å². The van der Waals surface area contributed by atoms with E-state index in [4.69, 9.17) is 0 Å². The Hall–Kier alpha value is -1.20. The fraction of sp³-hybridized carbons (Fsp3) is 0.632. The van der Waals surface area contributed by atoms with E-state index in [-0.39, 0.29) is 6.03 Å². The average Bonchev–Trinajstić information content (AvgIpc) is 2.56. The number of aryl methyl sites for hydroxylation is 1. The first-order valence-corrected chi connectivity index (χ1v) is 9.85. The summed E-state index contributed by atoms with van der Waals surface area (Å²) in [6.07, 6.45) is 1.15. The van der Waals surface area contributed by atoms with Crippen molar-refractivity contribution >= 4 is 23.5 Å². The smallest absolute Gasteiger partial charge is 0.319 e. The molecule has 2 unspecified atom stereocenters. The Labute approximate surface area is 151 Å². The van der Waals surface area contributed by atoms with Crippen molar-refractivity contribution < 1.29 is 4.79 Å². The lowest BCUT2D eigenvalue weighted by atomic mass is 10.2. The number of carbonyl (C=O) groups is 1. The van der Waals surface area contributed by atoms with Gasteiger partial charge in [0.2, 0.25) is 0 Å². The highest BCUT2D eigenvalue weighted by atomic mass is 32.2. The summed E-state index contributed by atoms with van der Waals surface area (Å²) in [5.41, 5.74) is 1.96. The predicted octanol–water partition coefficient (Wildman–Crippen LogP) is 4.74. The second-order valence-electron chi connectivity index (χ2n) is 6.22. The number of urea groups is 1. The number of nitrogens with one attached hydrogen (secondary N) is 2. The molecular formula is C19H33N3OS. The van der Waals surface area contributed by atoms with E-state index in [1.807, 2.05) is 24.8 Å². The van der Waals surface area contributed by atoms with Gasteiger partial charge >= 0.3 is 6.03 Å². The number of hydrogen-bond donors (Lipinski definition) is 2. The Bertz CT molecular complexity index is 517. The summed E-state index contributed by atoms with van der Waals surface area (Å²) < 4.78 is 0. The summed E-state index contributed by atoms with van der Waals surface area (Å²) in [6.45, 7) is 15.5. The molecule has 0 aliphatic carbocycles. The molecule has 1 rings (SSSR count). The zero-order valence-corrected chi connectivity index (χ0v) is 16.8. The molecule has 1 aromatic carbocycles. The van der Waals surface area contributed by atoms with Crippen LogP contribution in [0, 0.1) is 6.92 Å². The van der Waals surface area contributed by atoms with Gasteiger partial charge in [-0.25, -0.2) is 4.79 Å². The summed E-state index contributed by atoms with van der Waals surface area (Å²) in [5, 5.41) is 6.53. The van der Waals surface area contributed by atoms with Crippen LogP contribution in [0.5, 0.6) is 0 Å². The lowest BCUT2D eigenvalue weighted by Crippen LogP contribution is -2.43. The van der Waals surface area contributed by atoms with E-state index in [1.54, 1.807) is 0 Å². The summed E-state index contributed by atoms with van der Waals surface area (Å²) in [6, 6.07) is 6.41. The molecular weight excluding hydrogens is 318 g/mol. The first-order valence-electron chi connectivity index (χ1n) is 8.97. The van der Waals surface area contributed by atoms with Gasteiger partial charge in [-0.15, -0.1) is 11.8 Å². The third-order valence-corrected chi connectivity index (χ3v) is 5.61. The molecule has 24 heavy (non-hydrogen) atoms. The van der Waals surface area contributed by atoms with Crippen molar-refractivity contribution in [3.05, 3.63) is 23.8 Å². The third kappa shape index (κ3) is 6.73. The molecule has 1 aromatic rings. The minimum absolute atomic E-state index is 0.139. The van der Waals surface area contributed by atoms with Crippen LogP contribution in [0.2, 0.25) is 0 Å². The van der Waals surface area contributed by atoms with Crippen LogP contribution in [0.3, 0.4) is 0 Å². The van der Waals surface area contributed by atoms with Gasteiger partial charge < -0.3 is 10.6 Å². The number of anilines is 1. The van der Waals surface area contributed by atoms with Crippen LogP contribution < -0.4 is 10.6 Å². The number of nitrogens with zero attached hydrogens (tertiary/aromatic N) is 1. The number of amides is 2. The van der Waals surface area contributed by atoms with Crippen LogP contribution in [0.4, 0.5) is 10.5 Å². The summed E-state index contributed by atoms with van der Waals surface area (Å²) >= 11 is 1.87. The van der Waals surface area contributed by atoms with E-state index in [0.717, 1.165) is 30.8 Å². The van der Waals surface area contributed by atoms with Gasteiger partial charge in [0, 0.05) is 28.4 Å². The molecule has 0 saturated carbocycles. The van der Waals surface area contributed by atoms with Gasteiger partial charge in [0.05, 0.1) is 0 Å². The van der Waals surface area contributed by atoms with Gasteiger partial charge in [-0.2, -0.15) is 0 Å². The lowest BCUT2D eigenvalue weighted by molar-refractivity contribution is 0.220. The van der Waals surface area contributed by atoms with Gasteiger partial charge in [-0.3, -0.25) is 4.90 Å². The van der Waals surface area contributed by atoms with E-state index < -0.39 is 0 Å².